The molecular weight excluding hydrogens is 504 g/mol. The molecule has 0 saturated carbocycles. The van der Waals surface area contributed by atoms with Gasteiger partial charge in [-0.15, -0.1) is 0 Å². The highest BCUT2D eigenvalue weighted by atomic mass is 16.7. The van der Waals surface area contributed by atoms with Crippen LogP contribution >= 0.6 is 0 Å². The lowest BCUT2D eigenvalue weighted by atomic mass is 9.94. The standard InChI is InChI=1S/C20H34N4O13/c1-6(27)22-12-16(32)17(10(5-26)35-18(12)24-11(29)3-8(21)19(33)34)37-20-13(23-7(2)28)15(31)14(30)9(4-25)36-20/h8-10,12-18,20,25-26,30-32H,3-5,21H2,1-2H3,(H,22,27)(H,23,28)(H,24,29)(H,33,34). The second-order valence-corrected chi connectivity index (χ2v) is 8.74. The van der Waals surface area contributed by atoms with Crippen molar-refractivity contribution in [2.24, 2.45) is 5.73 Å². The average molecular weight is 539 g/mol. The molecule has 11 N–H and O–H groups in total. The zero-order valence-corrected chi connectivity index (χ0v) is 20.1. The van der Waals surface area contributed by atoms with Gasteiger partial charge in [-0.05, 0) is 0 Å². The van der Waals surface area contributed by atoms with Crippen molar-refractivity contribution in [1.82, 2.24) is 16.0 Å². The molecule has 11 atom stereocenters. The van der Waals surface area contributed by atoms with E-state index >= 15 is 0 Å². The molecule has 3 amide bonds. The van der Waals surface area contributed by atoms with Crippen LogP contribution in [0.4, 0.5) is 0 Å². The predicted molar refractivity (Wildman–Crippen MR) is 118 cm³/mol. The molecule has 0 aromatic carbocycles. The summed E-state index contributed by atoms with van der Waals surface area (Å²) in [5.41, 5.74) is 5.36. The van der Waals surface area contributed by atoms with Crippen molar-refractivity contribution in [1.29, 1.82) is 0 Å². The Morgan fingerprint density at radius 2 is 1.43 bits per heavy atom. The van der Waals surface area contributed by atoms with Gasteiger partial charge in [-0.2, -0.15) is 0 Å². The van der Waals surface area contributed by atoms with Gasteiger partial charge >= 0.3 is 5.97 Å². The first-order chi connectivity index (χ1) is 17.3. The Balaban J connectivity index is 2.29. The van der Waals surface area contributed by atoms with E-state index in [1.807, 2.05) is 0 Å². The number of aliphatic hydroxyl groups excluding tert-OH is 5. The normalized spacial score (nSPS) is 36.8. The third-order valence-corrected chi connectivity index (χ3v) is 5.84. The van der Waals surface area contributed by atoms with Crippen LogP contribution < -0.4 is 21.7 Å². The summed E-state index contributed by atoms with van der Waals surface area (Å²) in [6.45, 7) is 0.709. The van der Waals surface area contributed by atoms with E-state index in [0.717, 1.165) is 13.8 Å². The number of amides is 3. The lowest BCUT2D eigenvalue weighted by Gasteiger charge is -2.48. The smallest absolute Gasteiger partial charge is 0.321 e. The molecular formula is C20H34N4O13. The highest BCUT2D eigenvalue weighted by Gasteiger charge is 2.51. The van der Waals surface area contributed by atoms with Crippen molar-refractivity contribution in [3.8, 4) is 0 Å². The van der Waals surface area contributed by atoms with Crippen molar-refractivity contribution < 1.29 is 64.0 Å². The van der Waals surface area contributed by atoms with E-state index in [0.29, 0.717) is 0 Å². The molecule has 2 saturated heterocycles. The molecule has 212 valence electrons. The molecule has 0 aromatic rings. The lowest BCUT2D eigenvalue weighted by molar-refractivity contribution is -0.315. The fraction of sp³-hybridized carbons (Fsp3) is 0.800. The highest BCUT2D eigenvalue weighted by molar-refractivity contribution is 5.84. The Morgan fingerprint density at radius 1 is 0.865 bits per heavy atom. The Labute approximate surface area is 210 Å². The Hall–Kier alpha value is -2.48. The minimum absolute atomic E-state index is 0.631. The molecule has 2 heterocycles. The zero-order valence-electron chi connectivity index (χ0n) is 20.1. The molecule has 2 fully saturated rings. The summed E-state index contributed by atoms with van der Waals surface area (Å²) in [7, 11) is 0. The number of aliphatic hydroxyl groups is 5. The molecule has 0 radical (unpaired) electrons. The Kier molecular flexibility index (Phi) is 11.1. The molecule has 2 rings (SSSR count). The maximum Gasteiger partial charge on any atom is 0.321 e. The van der Waals surface area contributed by atoms with E-state index in [-0.39, 0.29) is 0 Å². The van der Waals surface area contributed by atoms with Gasteiger partial charge in [-0.1, -0.05) is 0 Å². The fourth-order valence-electron chi connectivity index (χ4n) is 4.03. The molecule has 17 heteroatoms. The van der Waals surface area contributed by atoms with Gasteiger partial charge in [0.15, 0.2) is 12.5 Å². The SMILES string of the molecule is CC(=O)NC1C(NC(=O)CC(N)C(=O)O)OC(CO)C(OC2OC(CO)C(O)C(O)C2NC(C)=O)C1O. The molecule has 37 heavy (non-hydrogen) atoms. The minimum atomic E-state index is -1.70. The van der Waals surface area contributed by atoms with E-state index in [9.17, 15) is 44.7 Å². The molecule has 17 nitrogen and oxygen atoms in total. The summed E-state index contributed by atoms with van der Waals surface area (Å²) < 4.78 is 16.9. The van der Waals surface area contributed by atoms with Crippen LogP contribution in [0.3, 0.4) is 0 Å². The van der Waals surface area contributed by atoms with Crippen molar-refractivity contribution >= 4 is 23.7 Å². The maximum absolute atomic E-state index is 12.3. The van der Waals surface area contributed by atoms with Crippen LogP contribution in [0.25, 0.3) is 0 Å². The summed E-state index contributed by atoms with van der Waals surface area (Å²) in [6, 6.07) is -4.30. The van der Waals surface area contributed by atoms with Gasteiger partial charge in [0.05, 0.1) is 19.6 Å². The molecule has 0 spiro atoms. The topological polar surface area (TPSA) is 279 Å². The third-order valence-electron chi connectivity index (χ3n) is 5.84. The first-order valence-corrected chi connectivity index (χ1v) is 11.3. The minimum Gasteiger partial charge on any atom is -0.480 e. The third kappa shape index (κ3) is 7.76. The van der Waals surface area contributed by atoms with Crippen molar-refractivity contribution in [2.45, 2.75) is 87.5 Å². The monoisotopic (exact) mass is 538 g/mol. The van der Waals surface area contributed by atoms with Crippen LogP contribution in [0.15, 0.2) is 0 Å². The van der Waals surface area contributed by atoms with Crippen LogP contribution in [0.5, 0.6) is 0 Å². The van der Waals surface area contributed by atoms with E-state index in [2.05, 4.69) is 16.0 Å². The number of carbonyl (C=O) groups excluding carboxylic acids is 3. The van der Waals surface area contributed by atoms with Crippen LogP contribution in [0.2, 0.25) is 0 Å². The predicted octanol–water partition coefficient (Wildman–Crippen LogP) is -6.18. The van der Waals surface area contributed by atoms with Gasteiger partial charge in [-0.25, -0.2) is 0 Å². The number of hydrogen-bond donors (Lipinski definition) is 10. The summed E-state index contributed by atoms with van der Waals surface area (Å²) in [5.74, 6) is -3.61. The zero-order chi connectivity index (χ0) is 28.0. The van der Waals surface area contributed by atoms with E-state index < -0.39 is 111 Å². The number of nitrogens with two attached hydrogens (primary N) is 1. The molecule has 0 bridgehead atoms. The number of carboxylic acid groups (broad SMARTS) is 1. The summed E-state index contributed by atoms with van der Waals surface area (Å²) in [5, 5.41) is 67.0. The second kappa shape index (κ2) is 13.4. The second-order valence-electron chi connectivity index (χ2n) is 8.74. The first-order valence-electron chi connectivity index (χ1n) is 11.3. The van der Waals surface area contributed by atoms with Crippen LogP contribution in [0, 0.1) is 0 Å². The quantitative estimate of drug-likeness (QED) is 0.124. The van der Waals surface area contributed by atoms with E-state index in [1.165, 1.54) is 0 Å². The number of nitrogens with one attached hydrogen (secondary N) is 3. The van der Waals surface area contributed by atoms with Crippen molar-refractivity contribution in [3.05, 3.63) is 0 Å². The summed E-state index contributed by atoms with van der Waals surface area (Å²) >= 11 is 0. The lowest BCUT2D eigenvalue weighted by Crippen LogP contribution is -2.71. The number of hydrogen-bond acceptors (Lipinski definition) is 13. The average Bonchev–Trinajstić information content (AvgIpc) is 2.81. The van der Waals surface area contributed by atoms with E-state index in [1.54, 1.807) is 0 Å². The summed E-state index contributed by atoms with van der Waals surface area (Å²) in [6.07, 6.45) is -12.9. The van der Waals surface area contributed by atoms with Gasteiger partial charge in [0.25, 0.3) is 0 Å². The number of aliphatic carboxylic acids is 1. The molecule has 2 aliphatic rings. The molecule has 2 aliphatic heterocycles. The molecule has 0 aliphatic carbocycles. The molecule has 11 unspecified atom stereocenters. The first kappa shape index (κ1) is 30.7. The van der Waals surface area contributed by atoms with Gasteiger partial charge < -0.3 is 66.5 Å². The number of carbonyl (C=O) groups is 4. The largest absolute Gasteiger partial charge is 0.480 e. The van der Waals surface area contributed by atoms with Gasteiger partial charge in [0.1, 0.15) is 54.7 Å². The van der Waals surface area contributed by atoms with E-state index in [4.69, 9.17) is 25.1 Å². The highest BCUT2D eigenvalue weighted by Crippen LogP contribution is 2.29. The number of rotatable bonds is 10. The van der Waals surface area contributed by atoms with Crippen molar-refractivity contribution in [2.75, 3.05) is 13.2 Å². The van der Waals surface area contributed by atoms with Crippen molar-refractivity contribution in [3.63, 3.8) is 0 Å². The van der Waals surface area contributed by atoms with Gasteiger partial charge in [0.2, 0.25) is 17.7 Å². The summed E-state index contributed by atoms with van der Waals surface area (Å²) in [4.78, 5) is 46.7. The number of ether oxygens (including phenoxy) is 3. The Bertz CT molecular complexity index is 832. The van der Waals surface area contributed by atoms with Crippen LogP contribution in [-0.2, 0) is 33.4 Å². The van der Waals surface area contributed by atoms with Crippen LogP contribution in [0.1, 0.15) is 20.3 Å². The maximum atomic E-state index is 12.3. The molecule has 0 aromatic heterocycles. The van der Waals surface area contributed by atoms with Gasteiger partial charge in [0, 0.05) is 13.8 Å². The Morgan fingerprint density at radius 3 is 1.95 bits per heavy atom. The fourth-order valence-corrected chi connectivity index (χ4v) is 4.03. The van der Waals surface area contributed by atoms with Gasteiger partial charge in [-0.3, -0.25) is 19.2 Å². The number of carboxylic acids is 1. The van der Waals surface area contributed by atoms with Crippen LogP contribution in [-0.4, -0.2) is 135 Å².